The van der Waals surface area contributed by atoms with Gasteiger partial charge >= 0.3 is 0 Å². The molecule has 3 aromatic rings. The van der Waals surface area contributed by atoms with Gasteiger partial charge in [-0.15, -0.1) is 11.3 Å². The minimum atomic E-state index is -0.275. The first kappa shape index (κ1) is 14.7. The van der Waals surface area contributed by atoms with Crippen LogP contribution < -0.4 is 10.1 Å². The normalized spacial score (nSPS) is 10.6. The summed E-state index contributed by atoms with van der Waals surface area (Å²) in [7, 11) is 0. The monoisotopic (exact) mass is 332 g/mol. The third-order valence-electron chi connectivity index (χ3n) is 2.75. The van der Waals surface area contributed by atoms with Crippen molar-refractivity contribution in [1.82, 2.24) is 15.0 Å². The number of amides is 1. The summed E-state index contributed by atoms with van der Waals surface area (Å²) in [5, 5.41) is 6.39. The standard InChI is InChI=1S/C14H12N4O2S2/c1-21-14-16-10-5-3-2-4-9(10)12(18-14)20-8-11(19)17-13-15-6-7-22-13/h2-7H,8H2,1H3,(H,15,17,19). The second-order valence-corrected chi connectivity index (χ2v) is 5.87. The van der Waals surface area contributed by atoms with Gasteiger partial charge in [-0.2, -0.15) is 4.98 Å². The fourth-order valence-electron chi connectivity index (χ4n) is 1.80. The van der Waals surface area contributed by atoms with Gasteiger partial charge in [-0.3, -0.25) is 10.1 Å². The van der Waals surface area contributed by atoms with E-state index in [-0.39, 0.29) is 12.5 Å². The van der Waals surface area contributed by atoms with Crippen molar-refractivity contribution < 1.29 is 9.53 Å². The Kier molecular flexibility index (Phi) is 4.50. The lowest BCUT2D eigenvalue weighted by atomic mass is 10.2. The molecule has 0 unspecified atom stereocenters. The molecule has 0 aliphatic carbocycles. The van der Waals surface area contributed by atoms with Crippen molar-refractivity contribution >= 4 is 45.0 Å². The third-order valence-corrected chi connectivity index (χ3v) is 3.99. The Morgan fingerprint density at radius 3 is 3.00 bits per heavy atom. The van der Waals surface area contributed by atoms with Gasteiger partial charge in [0.1, 0.15) is 0 Å². The number of thiazole rings is 1. The number of benzene rings is 1. The van der Waals surface area contributed by atoms with Crippen LogP contribution in [-0.2, 0) is 4.79 Å². The summed E-state index contributed by atoms with van der Waals surface area (Å²) in [6.07, 6.45) is 3.52. The molecule has 0 saturated heterocycles. The number of ether oxygens (including phenoxy) is 1. The Labute approximate surface area is 135 Å². The van der Waals surface area contributed by atoms with Crippen LogP contribution in [0.1, 0.15) is 0 Å². The van der Waals surface area contributed by atoms with E-state index in [1.165, 1.54) is 23.1 Å². The maximum absolute atomic E-state index is 11.9. The molecule has 1 amide bonds. The number of thioether (sulfide) groups is 1. The predicted octanol–water partition coefficient (Wildman–Crippen LogP) is 2.83. The van der Waals surface area contributed by atoms with E-state index in [1.54, 1.807) is 11.6 Å². The number of hydrogen-bond donors (Lipinski definition) is 1. The van der Waals surface area contributed by atoms with E-state index in [4.69, 9.17) is 4.74 Å². The summed E-state index contributed by atoms with van der Waals surface area (Å²) in [5.41, 5.74) is 0.789. The van der Waals surface area contributed by atoms with Crippen molar-refractivity contribution in [1.29, 1.82) is 0 Å². The lowest BCUT2D eigenvalue weighted by molar-refractivity contribution is -0.118. The highest BCUT2D eigenvalue weighted by Crippen LogP contribution is 2.25. The van der Waals surface area contributed by atoms with Gasteiger partial charge in [-0.1, -0.05) is 23.9 Å². The average Bonchev–Trinajstić information content (AvgIpc) is 3.05. The maximum atomic E-state index is 11.9. The lowest BCUT2D eigenvalue weighted by Gasteiger charge is -2.09. The summed E-state index contributed by atoms with van der Waals surface area (Å²) in [6.45, 7) is -0.131. The topological polar surface area (TPSA) is 77.0 Å². The number of carbonyl (C=O) groups is 1. The van der Waals surface area contributed by atoms with Gasteiger partial charge in [0, 0.05) is 11.6 Å². The van der Waals surface area contributed by atoms with E-state index < -0.39 is 0 Å². The minimum absolute atomic E-state index is 0.131. The quantitative estimate of drug-likeness (QED) is 0.572. The van der Waals surface area contributed by atoms with E-state index in [1.807, 2.05) is 30.5 Å². The number of rotatable bonds is 5. The molecule has 0 aliphatic rings. The average molecular weight is 332 g/mol. The number of aromatic nitrogens is 3. The second kappa shape index (κ2) is 6.71. The number of hydrogen-bond acceptors (Lipinski definition) is 7. The van der Waals surface area contributed by atoms with E-state index in [2.05, 4.69) is 20.3 Å². The summed E-state index contributed by atoms with van der Waals surface area (Å²) < 4.78 is 5.57. The Morgan fingerprint density at radius 2 is 2.23 bits per heavy atom. The molecule has 6 nitrogen and oxygen atoms in total. The van der Waals surface area contributed by atoms with Crippen molar-refractivity contribution in [3.05, 3.63) is 35.8 Å². The highest BCUT2D eigenvalue weighted by Gasteiger charge is 2.11. The van der Waals surface area contributed by atoms with Crippen LogP contribution >= 0.6 is 23.1 Å². The van der Waals surface area contributed by atoms with E-state index in [0.29, 0.717) is 16.2 Å². The number of anilines is 1. The molecule has 0 fully saturated rings. The first-order valence-corrected chi connectivity index (χ1v) is 8.49. The van der Waals surface area contributed by atoms with Crippen molar-refractivity contribution in [2.75, 3.05) is 18.2 Å². The van der Waals surface area contributed by atoms with Crippen LogP contribution in [0.4, 0.5) is 5.13 Å². The largest absolute Gasteiger partial charge is 0.467 e. The summed E-state index contributed by atoms with van der Waals surface area (Å²) >= 11 is 2.78. The fraction of sp³-hybridized carbons (Fsp3) is 0.143. The van der Waals surface area contributed by atoms with Crippen LogP contribution in [0.25, 0.3) is 10.9 Å². The Hall–Kier alpha value is -2.19. The van der Waals surface area contributed by atoms with E-state index in [0.717, 1.165) is 10.9 Å². The Bertz CT molecular complexity index is 793. The van der Waals surface area contributed by atoms with Crippen LogP contribution in [0.15, 0.2) is 41.0 Å². The van der Waals surface area contributed by atoms with Crippen LogP contribution in [0, 0.1) is 0 Å². The van der Waals surface area contributed by atoms with Gasteiger partial charge in [0.05, 0.1) is 10.9 Å². The van der Waals surface area contributed by atoms with Crippen LogP contribution in [0.5, 0.6) is 5.88 Å². The number of carbonyl (C=O) groups excluding carboxylic acids is 1. The predicted molar refractivity (Wildman–Crippen MR) is 87.6 cm³/mol. The molecule has 0 radical (unpaired) electrons. The number of fused-ring (bicyclic) bond motifs is 1. The number of para-hydroxylation sites is 1. The van der Waals surface area contributed by atoms with Crippen molar-refractivity contribution in [3.63, 3.8) is 0 Å². The first-order chi connectivity index (χ1) is 10.8. The van der Waals surface area contributed by atoms with Crippen molar-refractivity contribution in [3.8, 4) is 5.88 Å². The van der Waals surface area contributed by atoms with Crippen molar-refractivity contribution in [2.24, 2.45) is 0 Å². The third kappa shape index (κ3) is 3.34. The van der Waals surface area contributed by atoms with Crippen LogP contribution in [0.3, 0.4) is 0 Å². The zero-order valence-corrected chi connectivity index (χ0v) is 13.3. The van der Waals surface area contributed by atoms with Crippen LogP contribution in [0.2, 0.25) is 0 Å². The molecule has 3 rings (SSSR count). The molecule has 112 valence electrons. The molecular formula is C14H12N4O2S2. The van der Waals surface area contributed by atoms with Gasteiger partial charge in [0.15, 0.2) is 16.9 Å². The maximum Gasteiger partial charge on any atom is 0.264 e. The molecule has 1 aromatic carbocycles. The van der Waals surface area contributed by atoms with Gasteiger partial charge in [0.2, 0.25) is 5.88 Å². The van der Waals surface area contributed by atoms with E-state index in [9.17, 15) is 4.79 Å². The summed E-state index contributed by atoms with van der Waals surface area (Å²) in [6, 6.07) is 7.54. The molecular weight excluding hydrogens is 320 g/mol. The highest BCUT2D eigenvalue weighted by molar-refractivity contribution is 7.98. The molecule has 2 heterocycles. The molecule has 0 aliphatic heterocycles. The SMILES string of the molecule is CSc1nc(OCC(=O)Nc2nccs2)c2ccccc2n1. The van der Waals surface area contributed by atoms with Gasteiger partial charge < -0.3 is 4.74 Å². The molecule has 0 saturated carbocycles. The van der Waals surface area contributed by atoms with Gasteiger partial charge in [-0.05, 0) is 18.4 Å². The smallest absolute Gasteiger partial charge is 0.264 e. The van der Waals surface area contributed by atoms with Crippen LogP contribution in [-0.4, -0.2) is 33.7 Å². The Balaban J connectivity index is 1.76. The van der Waals surface area contributed by atoms with Crippen molar-refractivity contribution in [2.45, 2.75) is 5.16 Å². The zero-order chi connectivity index (χ0) is 15.4. The first-order valence-electron chi connectivity index (χ1n) is 6.39. The minimum Gasteiger partial charge on any atom is -0.467 e. The molecule has 0 atom stereocenters. The summed E-state index contributed by atoms with van der Waals surface area (Å²) in [4.78, 5) is 24.6. The molecule has 22 heavy (non-hydrogen) atoms. The molecule has 0 spiro atoms. The molecule has 0 bridgehead atoms. The molecule has 8 heteroatoms. The lowest BCUT2D eigenvalue weighted by Crippen LogP contribution is -2.20. The zero-order valence-electron chi connectivity index (χ0n) is 11.6. The number of nitrogens with zero attached hydrogens (tertiary/aromatic N) is 3. The van der Waals surface area contributed by atoms with Gasteiger partial charge in [-0.25, -0.2) is 9.97 Å². The number of nitrogens with one attached hydrogen (secondary N) is 1. The summed E-state index contributed by atoms with van der Waals surface area (Å²) in [5.74, 6) is 0.132. The van der Waals surface area contributed by atoms with Gasteiger partial charge in [0.25, 0.3) is 5.91 Å². The Morgan fingerprint density at radius 1 is 1.36 bits per heavy atom. The molecule has 2 aromatic heterocycles. The molecule has 1 N–H and O–H groups in total. The highest BCUT2D eigenvalue weighted by atomic mass is 32.2. The van der Waals surface area contributed by atoms with E-state index >= 15 is 0 Å². The fourth-order valence-corrected chi connectivity index (χ4v) is 2.71. The second-order valence-electron chi connectivity index (χ2n) is 4.21.